The standard InChI is InChI=1S/C28H38O5Si/c1-19(17-21(30-5)13-15-26(29)31-6)16-20-10-9-11-25-27(20)23-18-22(12-14-24(23)32-25)33-34(7,8)28(2,3)4/h12-18,20H,9-11H2,1-8H3/b15-13+,19-16+,21-17-. The first-order valence-corrected chi connectivity index (χ1v) is 14.8. The number of methoxy groups -OCH3 is 2. The molecule has 0 aliphatic heterocycles. The molecular formula is C28H38O5Si. The number of hydrogen-bond donors (Lipinski definition) is 0. The van der Waals surface area contributed by atoms with Crippen LogP contribution < -0.4 is 4.43 Å². The van der Waals surface area contributed by atoms with E-state index in [0.717, 1.165) is 47.3 Å². The molecule has 3 rings (SSSR count). The number of allylic oxidation sites excluding steroid dienone is 4. The van der Waals surface area contributed by atoms with Gasteiger partial charge in [0.05, 0.1) is 14.2 Å². The van der Waals surface area contributed by atoms with Crippen LogP contribution in [0.4, 0.5) is 0 Å². The lowest BCUT2D eigenvalue weighted by Gasteiger charge is -2.36. The molecule has 34 heavy (non-hydrogen) atoms. The Morgan fingerprint density at radius 3 is 2.53 bits per heavy atom. The molecule has 1 heterocycles. The monoisotopic (exact) mass is 482 g/mol. The summed E-state index contributed by atoms with van der Waals surface area (Å²) < 4.78 is 22.9. The van der Waals surface area contributed by atoms with Crippen LogP contribution in [0.25, 0.3) is 11.0 Å². The first-order chi connectivity index (χ1) is 15.9. The Kier molecular flexibility index (Phi) is 7.81. The van der Waals surface area contributed by atoms with Crippen LogP contribution >= 0.6 is 0 Å². The number of aryl methyl sites for hydroxylation is 1. The van der Waals surface area contributed by atoms with E-state index in [1.54, 1.807) is 13.2 Å². The third kappa shape index (κ3) is 5.84. The molecule has 2 aromatic rings. The van der Waals surface area contributed by atoms with Crippen LogP contribution in [0.5, 0.6) is 5.75 Å². The van der Waals surface area contributed by atoms with Gasteiger partial charge < -0.3 is 18.3 Å². The second kappa shape index (κ2) is 10.3. The Morgan fingerprint density at radius 2 is 1.88 bits per heavy atom. The third-order valence-electron chi connectivity index (χ3n) is 6.90. The fourth-order valence-corrected chi connectivity index (χ4v) is 5.05. The summed E-state index contributed by atoms with van der Waals surface area (Å²) in [6, 6.07) is 6.24. The van der Waals surface area contributed by atoms with Crippen molar-refractivity contribution >= 4 is 25.3 Å². The van der Waals surface area contributed by atoms with E-state index in [4.69, 9.17) is 13.6 Å². The van der Waals surface area contributed by atoms with Crippen molar-refractivity contribution in [1.82, 2.24) is 0 Å². The molecule has 1 aromatic carbocycles. The molecule has 0 spiro atoms. The third-order valence-corrected chi connectivity index (χ3v) is 11.3. The average molecular weight is 483 g/mol. The van der Waals surface area contributed by atoms with E-state index in [1.807, 2.05) is 25.1 Å². The van der Waals surface area contributed by atoms with Crippen molar-refractivity contribution in [3.05, 3.63) is 65.2 Å². The maximum Gasteiger partial charge on any atom is 0.330 e. The molecular weight excluding hydrogens is 444 g/mol. The van der Waals surface area contributed by atoms with Crippen LogP contribution in [0.1, 0.15) is 57.8 Å². The highest BCUT2D eigenvalue weighted by Crippen LogP contribution is 2.43. The van der Waals surface area contributed by atoms with Gasteiger partial charge in [-0.25, -0.2) is 4.79 Å². The van der Waals surface area contributed by atoms with Crippen molar-refractivity contribution in [1.29, 1.82) is 0 Å². The lowest BCUT2D eigenvalue weighted by atomic mass is 9.84. The number of carbonyl (C=O) groups is 1. The molecule has 0 saturated heterocycles. The van der Waals surface area contributed by atoms with Gasteiger partial charge in [0.2, 0.25) is 8.32 Å². The second-order valence-corrected chi connectivity index (χ2v) is 15.2. The lowest BCUT2D eigenvalue weighted by Crippen LogP contribution is -2.43. The van der Waals surface area contributed by atoms with E-state index >= 15 is 0 Å². The number of rotatable bonds is 7. The Labute approximate surface area is 204 Å². The Hall–Kier alpha value is -2.73. The van der Waals surface area contributed by atoms with Gasteiger partial charge in [-0.3, -0.25) is 0 Å². The van der Waals surface area contributed by atoms with Gasteiger partial charge in [0.1, 0.15) is 22.9 Å². The van der Waals surface area contributed by atoms with Crippen molar-refractivity contribution in [2.24, 2.45) is 0 Å². The number of esters is 1. The minimum Gasteiger partial charge on any atom is -0.543 e. The zero-order valence-electron chi connectivity index (χ0n) is 21.8. The highest BCUT2D eigenvalue weighted by molar-refractivity contribution is 6.74. The van der Waals surface area contributed by atoms with Gasteiger partial charge in [0.15, 0.2) is 0 Å². The van der Waals surface area contributed by atoms with E-state index in [0.29, 0.717) is 5.76 Å². The largest absolute Gasteiger partial charge is 0.543 e. The molecule has 0 radical (unpaired) electrons. The molecule has 1 atom stereocenters. The van der Waals surface area contributed by atoms with Crippen molar-refractivity contribution in [3.8, 4) is 5.75 Å². The van der Waals surface area contributed by atoms with E-state index in [2.05, 4.69) is 50.7 Å². The van der Waals surface area contributed by atoms with Crippen molar-refractivity contribution in [3.63, 3.8) is 0 Å². The molecule has 6 heteroatoms. The van der Waals surface area contributed by atoms with Crippen molar-refractivity contribution in [2.45, 2.75) is 71.0 Å². The minimum absolute atomic E-state index is 0.133. The van der Waals surface area contributed by atoms with Crippen molar-refractivity contribution in [2.75, 3.05) is 14.2 Å². The van der Waals surface area contributed by atoms with Gasteiger partial charge in [0.25, 0.3) is 0 Å². The molecule has 5 nitrogen and oxygen atoms in total. The molecule has 0 bridgehead atoms. The van der Waals surface area contributed by atoms with Crippen LogP contribution in [0.2, 0.25) is 18.1 Å². The highest BCUT2D eigenvalue weighted by Gasteiger charge is 2.39. The predicted octanol–water partition coefficient (Wildman–Crippen LogP) is 7.44. The molecule has 0 N–H and O–H groups in total. The normalized spacial score (nSPS) is 17.7. The summed E-state index contributed by atoms with van der Waals surface area (Å²) >= 11 is 0. The topological polar surface area (TPSA) is 57.9 Å². The molecule has 1 aliphatic carbocycles. The maximum atomic E-state index is 11.4. The molecule has 1 aromatic heterocycles. The summed E-state index contributed by atoms with van der Waals surface area (Å²) in [5.74, 6) is 2.41. The highest BCUT2D eigenvalue weighted by atomic mass is 28.4. The van der Waals surface area contributed by atoms with Gasteiger partial charge >= 0.3 is 5.97 Å². The summed E-state index contributed by atoms with van der Waals surface area (Å²) in [5, 5.41) is 1.27. The van der Waals surface area contributed by atoms with E-state index in [1.165, 1.54) is 18.7 Å². The van der Waals surface area contributed by atoms with Gasteiger partial charge in [0, 0.05) is 29.4 Å². The zero-order valence-corrected chi connectivity index (χ0v) is 22.8. The second-order valence-electron chi connectivity index (χ2n) is 10.5. The van der Waals surface area contributed by atoms with Crippen LogP contribution in [0.3, 0.4) is 0 Å². The molecule has 0 saturated carbocycles. The zero-order chi connectivity index (χ0) is 25.1. The molecule has 1 aliphatic rings. The first-order valence-electron chi connectivity index (χ1n) is 11.9. The van der Waals surface area contributed by atoms with Crippen molar-refractivity contribution < 1.29 is 23.1 Å². The Morgan fingerprint density at radius 1 is 1.15 bits per heavy atom. The number of carbonyl (C=O) groups excluding carboxylic acids is 1. The molecule has 0 amide bonds. The summed E-state index contributed by atoms with van der Waals surface area (Å²) in [6.07, 6.45) is 10.3. The van der Waals surface area contributed by atoms with Crippen LogP contribution in [0.15, 0.2) is 58.3 Å². The Bertz CT molecular complexity index is 1130. The van der Waals surface area contributed by atoms with Gasteiger partial charge in [-0.15, -0.1) is 0 Å². The van der Waals surface area contributed by atoms with Gasteiger partial charge in [-0.05, 0) is 68.2 Å². The molecule has 184 valence electrons. The van der Waals surface area contributed by atoms with E-state index in [9.17, 15) is 4.79 Å². The summed E-state index contributed by atoms with van der Waals surface area (Å²) in [6.45, 7) is 13.3. The van der Waals surface area contributed by atoms with Crippen LogP contribution in [-0.2, 0) is 20.7 Å². The fraction of sp³-hybridized carbons (Fsp3) is 0.464. The van der Waals surface area contributed by atoms with Crippen LogP contribution in [0, 0.1) is 0 Å². The smallest absolute Gasteiger partial charge is 0.330 e. The number of hydrogen-bond acceptors (Lipinski definition) is 5. The quantitative estimate of drug-likeness (QED) is 0.135. The van der Waals surface area contributed by atoms with E-state index < -0.39 is 14.3 Å². The number of furan rings is 1. The summed E-state index contributed by atoms with van der Waals surface area (Å²) in [7, 11) is 1.01. The fourth-order valence-electron chi connectivity index (χ4n) is 4.03. The maximum absolute atomic E-state index is 11.4. The molecule has 1 unspecified atom stereocenters. The first kappa shape index (κ1) is 25.9. The minimum atomic E-state index is -1.94. The van der Waals surface area contributed by atoms with Gasteiger partial charge in [-0.2, -0.15) is 0 Å². The average Bonchev–Trinajstić information content (AvgIpc) is 3.14. The SMILES string of the molecule is COC(=O)/C=C/C(=C/C(C)=C/C1CCCc2oc3ccc(O[Si](C)(C)C(C)(C)C)cc3c21)OC. The Balaban J connectivity index is 1.96. The number of benzene rings is 1. The van der Waals surface area contributed by atoms with E-state index in [-0.39, 0.29) is 11.0 Å². The van der Waals surface area contributed by atoms with Crippen LogP contribution in [-0.4, -0.2) is 28.5 Å². The summed E-state index contributed by atoms with van der Waals surface area (Å²) in [5.41, 5.74) is 3.24. The predicted molar refractivity (Wildman–Crippen MR) is 140 cm³/mol. The summed E-state index contributed by atoms with van der Waals surface area (Å²) in [4.78, 5) is 11.4. The lowest BCUT2D eigenvalue weighted by molar-refractivity contribution is -0.134. The van der Waals surface area contributed by atoms with Gasteiger partial charge in [-0.1, -0.05) is 32.4 Å². The molecule has 0 fully saturated rings. The number of fused-ring (bicyclic) bond motifs is 3. The number of ether oxygens (including phenoxy) is 2.